The quantitative estimate of drug-likeness (QED) is 0.709. The zero-order valence-corrected chi connectivity index (χ0v) is 11.6. The van der Waals surface area contributed by atoms with Crippen molar-refractivity contribution >= 4 is 17.7 Å². The third-order valence-corrected chi connectivity index (χ3v) is 4.36. The fraction of sp³-hybridized carbons (Fsp3) is 0.400. The molecule has 1 aliphatic carbocycles. The van der Waals surface area contributed by atoms with Gasteiger partial charge < -0.3 is 17.2 Å². The lowest BCUT2D eigenvalue weighted by molar-refractivity contribution is -0.133. The fourth-order valence-electron chi connectivity index (χ4n) is 3.20. The minimum Gasteiger partial charge on any atom is -0.369 e. The molecule has 0 saturated heterocycles. The van der Waals surface area contributed by atoms with Crippen LogP contribution in [0.5, 0.6) is 0 Å². The van der Waals surface area contributed by atoms with Gasteiger partial charge in [-0.1, -0.05) is 30.3 Å². The molecular weight excluding hydrogens is 270 g/mol. The number of benzene rings is 1. The second-order valence-corrected chi connectivity index (χ2v) is 5.65. The normalized spacial score (nSPS) is 28.8. The van der Waals surface area contributed by atoms with Crippen LogP contribution >= 0.6 is 0 Å². The summed E-state index contributed by atoms with van der Waals surface area (Å²) >= 11 is 0. The molecule has 0 bridgehead atoms. The second-order valence-electron chi connectivity index (χ2n) is 5.65. The maximum atomic E-state index is 12.1. The Kier molecular flexibility index (Phi) is 3.97. The lowest BCUT2D eigenvalue weighted by Crippen LogP contribution is -2.51. The molecule has 1 aromatic rings. The van der Waals surface area contributed by atoms with Crippen LogP contribution in [-0.4, -0.2) is 17.7 Å². The van der Waals surface area contributed by atoms with Gasteiger partial charge in [0.2, 0.25) is 17.7 Å². The lowest BCUT2D eigenvalue weighted by Gasteiger charge is -2.41. The fourth-order valence-corrected chi connectivity index (χ4v) is 3.20. The summed E-state index contributed by atoms with van der Waals surface area (Å²) in [5.41, 5.74) is 16.0. The predicted molar refractivity (Wildman–Crippen MR) is 76.5 cm³/mol. The van der Waals surface area contributed by atoms with Crippen molar-refractivity contribution < 1.29 is 14.4 Å². The van der Waals surface area contributed by atoms with Crippen molar-refractivity contribution in [2.45, 2.75) is 24.7 Å². The lowest BCUT2D eigenvalue weighted by atomic mass is 9.61. The molecule has 0 heterocycles. The largest absolute Gasteiger partial charge is 0.369 e. The first-order chi connectivity index (χ1) is 9.86. The number of hydrogen-bond acceptors (Lipinski definition) is 3. The van der Waals surface area contributed by atoms with Crippen LogP contribution in [0.4, 0.5) is 0 Å². The number of carbonyl (C=O) groups is 3. The van der Waals surface area contributed by atoms with E-state index >= 15 is 0 Å². The Hall–Kier alpha value is -2.37. The van der Waals surface area contributed by atoms with E-state index in [1.807, 2.05) is 6.07 Å². The number of hydrogen-bond donors (Lipinski definition) is 3. The molecule has 2 atom stereocenters. The third-order valence-electron chi connectivity index (χ3n) is 4.36. The number of rotatable bonds is 4. The van der Waals surface area contributed by atoms with Gasteiger partial charge in [0.15, 0.2) is 0 Å². The minimum atomic E-state index is -1.08. The van der Waals surface area contributed by atoms with Crippen molar-refractivity contribution in [3.05, 3.63) is 35.9 Å². The Morgan fingerprint density at radius 3 is 1.76 bits per heavy atom. The third kappa shape index (κ3) is 2.74. The van der Waals surface area contributed by atoms with Gasteiger partial charge in [-0.15, -0.1) is 0 Å². The Labute approximate surface area is 122 Å². The van der Waals surface area contributed by atoms with Crippen LogP contribution in [0.2, 0.25) is 0 Å². The summed E-state index contributed by atoms with van der Waals surface area (Å²) in [6, 6.07) is 8.93. The van der Waals surface area contributed by atoms with E-state index in [2.05, 4.69) is 0 Å². The first-order valence-corrected chi connectivity index (χ1v) is 6.81. The van der Waals surface area contributed by atoms with Gasteiger partial charge in [0.25, 0.3) is 0 Å². The summed E-state index contributed by atoms with van der Waals surface area (Å²) in [7, 11) is 0. The summed E-state index contributed by atoms with van der Waals surface area (Å²) < 4.78 is 0. The molecular formula is C15H19N3O3. The molecule has 112 valence electrons. The molecule has 0 aliphatic heterocycles. The maximum Gasteiger partial charge on any atom is 0.228 e. The zero-order chi connectivity index (χ0) is 15.6. The Morgan fingerprint density at radius 1 is 0.905 bits per heavy atom. The highest BCUT2D eigenvalue weighted by molar-refractivity contribution is 5.90. The van der Waals surface area contributed by atoms with Crippen LogP contribution in [0.15, 0.2) is 30.3 Å². The highest BCUT2D eigenvalue weighted by Gasteiger charge is 2.48. The molecule has 1 aromatic carbocycles. The Balaban J connectivity index is 2.50. The predicted octanol–water partition coefficient (Wildman–Crippen LogP) is -0.203. The standard InChI is InChI=1S/C15H19N3O3/c16-12(19)9-6-10(13(17)20)8-15(7-9,14(18)21)11-4-2-1-3-5-11/h1-5,9-10H,6-8H2,(H2,16,19)(H2,17,20)(H2,18,21). The molecule has 1 fully saturated rings. The summed E-state index contributed by atoms with van der Waals surface area (Å²) in [4.78, 5) is 35.3. The van der Waals surface area contributed by atoms with E-state index in [9.17, 15) is 14.4 Å². The van der Waals surface area contributed by atoms with Gasteiger partial charge in [-0.3, -0.25) is 14.4 Å². The van der Waals surface area contributed by atoms with Gasteiger partial charge in [0.1, 0.15) is 0 Å². The second kappa shape index (κ2) is 5.55. The monoisotopic (exact) mass is 289 g/mol. The number of nitrogens with two attached hydrogens (primary N) is 3. The summed E-state index contributed by atoms with van der Waals surface area (Å²) in [6.07, 6.45) is 0.698. The molecule has 21 heavy (non-hydrogen) atoms. The van der Waals surface area contributed by atoms with Gasteiger partial charge in [-0.05, 0) is 24.8 Å². The number of primary amides is 3. The first kappa shape index (κ1) is 15.0. The molecule has 6 nitrogen and oxygen atoms in total. The average Bonchev–Trinajstić information content (AvgIpc) is 2.47. The Bertz CT molecular complexity index is 549. The van der Waals surface area contributed by atoms with E-state index < -0.39 is 35.0 Å². The van der Waals surface area contributed by atoms with Crippen LogP contribution in [-0.2, 0) is 19.8 Å². The van der Waals surface area contributed by atoms with Gasteiger partial charge >= 0.3 is 0 Å². The van der Waals surface area contributed by atoms with Gasteiger partial charge in [-0.2, -0.15) is 0 Å². The first-order valence-electron chi connectivity index (χ1n) is 6.81. The zero-order valence-electron chi connectivity index (χ0n) is 11.6. The smallest absolute Gasteiger partial charge is 0.228 e. The van der Waals surface area contributed by atoms with E-state index in [-0.39, 0.29) is 19.3 Å². The molecule has 0 spiro atoms. The van der Waals surface area contributed by atoms with Crippen molar-refractivity contribution in [2.24, 2.45) is 29.0 Å². The van der Waals surface area contributed by atoms with Gasteiger partial charge in [0.05, 0.1) is 5.41 Å². The van der Waals surface area contributed by atoms with E-state index in [0.717, 1.165) is 0 Å². The number of amides is 3. The van der Waals surface area contributed by atoms with E-state index in [0.29, 0.717) is 5.56 Å². The number of carbonyl (C=O) groups excluding carboxylic acids is 3. The summed E-state index contributed by atoms with van der Waals surface area (Å²) in [5, 5.41) is 0. The summed E-state index contributed by atoms with van der Waals surface area (Å²) in [6.45, 7) is 0. The molecule has 1 aliphatic rings. The molecule has 0 aromatic heterocycles. The highest BCUT2D eigenvalue weighted by atomic mass is 16.2. The molecule has 6 heteroatoms. The van der Waals surface area contributed by atoms with Crippen LogP contribution in [0, 0.1) is 11.8 Å². The average molecular weight is 289 g/mol. The van der Waals surface area contributed by atoms with Crippen molar-refractivity contribution in [2.75, 3.05) is 0 Å². The topological polar surface area (TPSA) is 129 Å². The van der Waals surface area contributed by atoms with Crippen molar-refractivity contribution in [3.8, 4) is 0 Å². The molecule has 2 rings (SSSR count). The maximum absolute atomic E-state index is 12.1. The molecule has 0 radical (unpaired) electrons. The minimum absolute atomic E-state index is 0.214. The molecule has 1 saturated carbocycles. The van der Waals surface area contributed by atoms with Crippen molar-refractivity contribution in [3.63, 3.8) is 0 Å². The molecule has 3 amide bonds. The van der Waals surface area contributed by atoms with Crippen LogP contribution in [0.1, 0.15) is 24.8 Å². The van der Waals surface area contributed by atoms with Crippen LogP contribution < -0.4 is 17.2 Å². The van der Waals surface area contributed by atoms with E-state index in [4.69, 9.17) is 17.2 Å². The summed E-state index contributed by atoms with van der Waals surface area (Å²) in [5.74, 6) is -2.83. The SMILES string of the molecule is NC(=O)C1CC(C(N)=O)CC(C(N)=O)(c2ccccc2)C1. The van der Waals surface area contributed by atoms with Crippen molar-refractivity contribution in [1.29, 1.82) is 0 Å². The van der Waals surface area contributed by atoms with E-state index in [1.165, 1.54) is 0 Å². The highest BCUT2D eigenvalue weighted by Crippen LogP contribution is 2.44. The Morgan fingerprint density at radius 2 is 1.38 bits per heavy atom. The van der Waals surface area contributed by atoms with E-state index in [1.54, 1.807) is 24.3 Å². The van der Waals surface area contributed by atoms with Crippen LogP contribution in [0.3, 0.4) is 0 Å². The molecule has 2 unspecified atom stereocenters. The van der Waals surface area contributed by atoms with Crippen molar-refractivity contribution in [1.82, 2.24) is 0 Å². The molecule has 6 N–H and O–H groups in total. The van der Waals surface area contributed by atoms with Crippen LogP contribution in [0.25, 0.3) is 0 Å². The van der Waals surface area contributed by atoms with Gasteiger partial charge in [0, 0.05) is 11.8 Å². The van der Waals surface area contributed by atoms with Gasteiger partial charge in [-0.25, -0.2) is 0 Å².